The molecule has 0 saturated heterocycles. The number of carboxylic acid groups (broad SMARTS) is 1. The maximum atomic E-state index is 12.7. The Hall–Kier alpha value is -3.15. The van der Waals surface area contributed by atoms with E-state index in [4.69, 9.17) is 22.1 Å². The van der Waals surface area contributed by atoms with Gasteiger partial charge in [0.25, 0.3) is 0 Å². The minimum absolute atomic E-state index is 0.0598. The number of aliphatic carboxylic acids is 1. The van der Waals surface area contributed by atoms with Crippen molar-refractivity contribution < 1.29 is 19.4 Å². The Morgan fingerprint density at radius 3 is 2.03 bits per heavy atom. The molecule has 158 valence electrons. The van der Waals surface area contributed by atoms with E-state index >= 15 is 0 Å². The number of rotatable bonds is 7. The van der Waals surface area contributed by atoms with E-state index in [1.807, 2.05) is 48.5 Å². The molecule has 31 heavy (non-hydrogen) atoms. The van der Waals surface area contributed by atoms with Crippen LogP contribution in [0.5, 0.6) is 0 Å². The van der Waals surface area contributed by atoms with Crippen LogP contribution in [-0.4, -0.2) is 29.7 Å². The quantitative estimate of drug-likeness (QED) is 0.427. The Labute approximate surface area is 185 Å². The highest BCUT2D eigenvalue weighted by molar-refractivity contribution is 6.30. The lowest BCUT2D eigenvalue weighted by atomic mass is 9.94. The predicted molar refractivity (Wildman–Crippen MR) is 119 cm³/mol. The normalized spacial score (nSPS) is 14.4. The number of hydrogen-bond acceptors (Lipinski definition) is 4. The molecule has 0 saturated carbocycles. The van der Waals surface area contributed by atoms with E-state index in [-0.39, 0.29) is 18.9 Å². The predicted octanol–water partition coefficient (Wildman–Crippen LogP) is 4.27. The number of benzene rings is 3. The van der Waals surface area contributed by atoms with Crippen molar-refractivity contribution in [3.05, 3.63) is 94.5 Å². The average molecular weight is 436 g/mol. The highest BCUT2D eigenvalue weighted by Crippen LogP contribution is 2.44. The lowest BCUT2D eigenvalue weighted by Crippen LogP contribution is -2.43. The number of carbonyl (C=O) groups is 2. The largest absolute Gasteiger partial charge is 0.481 e. The van der Waals surface area contributed by atoms with Crippen LogP contribution in [0, 0.1) is 5.92 Å². The Bertz CT molecular complexity index is 1070. The topological polar surface area (TPSA) is 89.6 Å². The summed E-state index contributed by atoms with van der Waals surface area (Å²) in [4.78, 5) is 24.6. The molecule has 3 aromatic carbocycles. The van der Waals surface area contributed by atoms with Gasteiger partial charge in [0.15, 0.2) is 5.92 Å². The molecule has 6 heteroatoms. The van der Waals surface area contributed by atoms with Crippen LogP contribution < -0.4 is 5.73 Å². The van der Waals surface area contributed by atoms with Crippen molar-refractivity contribution in [3.8, 4) is 11.1 Å². The number of carboxylic acids is 1. The zero-order chi connectivity index (χ0) is 22.0. The smallest absolute Gasteiger partial charge is 0.321 e. The number of esters is 1. The first-order valence-corrected chi connectivity index (χ1v) is 10.4. The van der Waals surface area contributed by atoms with Gasteiger partial charge in [-0.3, -0.25) is 9.59 Å². The summed E-state index contributed by atoms with van der Waals surface area (Å²) in [6, 6.07) is 21.9. The monoisotopic (exact) mass is 435 g/mol. The summed E-state index contributed by atoms with van der Waals surface area (Å²) in [6.45, 7) is 0.0598. The van der Waals surface area contributed by atoms with E-state index in [9.17, 15) is 14.7 Å². The van der Waals surface area contributed by atoms with E-state index < -0.39 is 23.9 Å². The van der Waals surface area contributed by atoms with Crippen molar-refractivity contribution in [2.75, 3.05) is 6.61 Å². The molecule has 2 atom stereocenters. The molecule has 0 radical (unpaired) electrons. The highest BCUT2D eigenvalue weighted by atomic mass is 35.5. The number of ether oxygens (including phenoxy) is 1. The molecule has 0 fully saturated rings. The van der Waals surface area contributed by atoms with Gasteiger partial charge in [0.2, 0.25) is 0 Å². The maximum Gasteiger partial charge on any atom is 0.321 e. The van der Waals surface area contributed by atoms with Gasteiger partial charge in [-0.15, -0.1) is 0 Å². The van der Waals surface area contributed by atoms with E-state index in [0.717, 1.165) is 27.8 Å². The molecule has 0 aromatic heterocycles. The number of hydrogen-bond donors (Lipinski definition) is 2. The first-order chi connectivity index (χ1) is 15.0. The summed E-state index contributed by atoms with van der Waals surface area (Å²) >= 11 is 5.89. The Kier molecular flexibility index (Phi) is 6.07. The maximum absolute atomic E-state index is 12.7. The van der Waals surface area contributed by atoms with Crippen molar-refractivity contribution in [1.82, 2.24) is 0 Å². The van der Waals surface area contributed by atoms with E-state index in [2.05, 4.69) is 0 Å². The fraction of sp³-hybridized carbons (Fsp3) is 0.200. The molecular formula is C25H22ClNO4. The molecule has 1 aliphatic rings. The van der Waals surface area contributed by atoms with Gasteiger partial charge in [-0.2, -0.15) is 0 Å². The van der Waals surface area contributed by atoms with Crippen LogP contribution >= 0.6 is 11.6 Å². The van der Waals surface area contributed by atoms with Gasteiger partial charge in [-0.05, 0) is 46.4 Å². The van der Waals surface area contributed by atoms with Crippen molar-refractivity contribution in [2.45, 2.75) is 18.4 Å². The minimum atomic E-state index is -1.46. The summed E-state index contributed by atoms with van der Waals surface area (Å²) in [5, 5.41) is 10.2. The molecule has 0 unspecified atom stereocenters. The van der Waals surface area contributed by atoms with Crippen LogP contribution in [0.1, 0.15) is 22.6 Å². The lowest BCUT2D eigenvalue weighted by Gasteiger charge is -2.21. The molecule has 0 aliphatic heterocycles. The van der Waals surface area contributed by atoms with E-state index in [1.54, 1.807) is 24.3 Å². The highest BCUT2D eigenvalue weighted by Gasteiger charge is 2.36. The number of halogens is 1. The van der Waals surface area contributed by atoms with Gasteiger partial charge in [0.1, 0.15) is 6.61 Å². The molecule has 3 N–H and O–H groups in total. The molecule has 5 nitrogen and oxygen atoms in total. The van der Waals surface area contributed by atoms with Gasteiger partial charge >= 0.3 is 11.9 Å². The third kappa shape index (κ3) is 4.33. The Morgan fingerprint density at radius 2 is 1.48 bits per heavy atom. The minimum Gasteiger partial charge on any atom is -0.481 e. The third-order valence-electron chi connectivity index (χ3n) is 5.69. The number of carbonyl (C=O) groups excluding carboxylic acids is 1. The summed E-state index contributed by atoms with van der Waals surface area (Å²) in [6.07, 6.45) is 0.221. The fourth-order valence-electron chi connectivity index (χ4n) is 4.16. The van der Waals surface area contributed by atoms with Crippen LogP contribution in [0.2, 0.25) is 5.02 Å². The lowest BCUT2D eigenvalue weighted by molar-refractivity contribution is -0.159. The molecule has 0 amide bonds. The second-order valence-electron chi connectivity index (χ2n) is 7.67. The summed E-state index contributed by atoms with van der Waals surface area (Å²) < 4.78 is 5.52. The third-order valence-corrected chi connectivity index (χ3v) is 5.94. The van der Waals surface area contributed by atoms with Crippen molar-refractivity contribution >= 4 is 23.5 Å². The van der Waals surface area contributed by atoms with Gasteiger partial charge in [0.05, 0.1) is 0 Å². The fourth-order valence-corrected chi connectivity index (χ4v) is 4.29. The van der Waals surface area contributed by atoms with Crippen LogP contribution in [0.15, 0.2) is 72.8 Å². The van der Waals surface area contributed by atoms with Crippen LogP contribution in [0.4, 0.5) is 0 Å². The van der Waals surface area contributed by atoms with Crippen LogP contribution in [0.3, 0.4) is 0 Å². The zero-order valence-corrected chi connectivity index (χ0v) is 17.5. The number of fused-ring (bicyclic) bond motifs is 3. The summed E-state index contributed by atoms with van der Waals surface area (Å²) in [7, 11) is 0. The molecule has 0 bridgehead atoms. The first kappa shape index (κ1) is 21.1. The molecule has 3 aromatic rings. The SMILES string of the molecule is N[C@@H](Cc1ccc(Cl)cc1)[C@@H](C(=O)O)C(=O)OCC1c2ccccc2-c2ccccc21. The van der Waals surface area contributed by atoms with Crippen molar-refractivity contribution in [2.24, 2.45) is 11.7 Å². The van der Waals surface area contributed by atoms with Crippen LogP contribution in [0.25, 0.3) is 11.1 Å². The van der Waals surface area contributed by atoms with Crippen LogP contribution in [-0.2, 0) is 20.7 Å². The molecule has 0 heterocycles. The Balaban J connectivity index is 1.49. The second-order valence-corrected chi connectivity index (χ2v) is 8.10. The molecular weight excluding hydrogens is 414 g/mol. The number of nitrogens with two attached hydrogens (primary N) is 1. The van der Waals surface area contributed by atoms with E-state index in [1.165, 1.54) is 0 Å². The average Bonchev–Trinajstić information content (AvgIpc) is 3.07. The van der Waals surface area contributed by atoms with Gasteiger partial charge in [0, 0.05) is 17.0 Å². The second kappa shape index (κ2) is 8.92. The van der Waals surface area contributed by atoms with Crippen molar-refractivity contribution in [1.29, 1.82) is 0 Å². The van der Waals surface area contributed by atoms with Crippen molar-refractivity contribution in [3.63, 3.8) is 0 Å². The van der Waals surface area contributed by atoms with Gasteiger partial charge in [-0.1, -0.05) is 72.3 Å². The molecule has 0 spiro atoms. The van der Waals surface area contributed by atoms with Gasteiger partial charge < -0.3 is 15.6 Å². The molecule has 1 aliphatic carbocycles. The van der Waals surface area contributed by atoms with Gasteiger partial charge in [-0.25, -0.2) is 0 Å². The standard InChI is InChI=1S/C25H22ClNO4/c26-16-11-9-15(10-12-16)13-22(27)23(24(28)29)25(30)31-14-21-19-7-3-1-5-17(19)18-6-2-4-8-20(18)21/h1-12,21-23H,13-14,27H2,(H,28,29)/t22-,23-/m0/s1. The first-order valence-electron chi connectivity index (χ1n) is 10.0. The Morgan fingerprint density at radius 1 is 0.935 bits per heavy atom. The summed E-state index contributed by atoms with van der Waals surface area (Å²) in [5.41, 5.74) is 11.3. The van der Waals surface area contributed by atoms with E-state index in [0.29, 0.717) is 5.02 Å². The summed E-state index contributed by atoms with van der Waals surface area (Å²) in [5.74, 6) is -3.71. The zero-order valence-electron chi connectivity index (χ0n) is 16.7. The molecule has 4 rings (SSSR count).